The summed E-state index contributed by atoms with van der Waals surface area (Å²) in [7, 11) is 0. The van der Waals surface area contributed by atoms with E-state index in [2.05, 4.69) is 15.6 Å². The minimum Gasteiger partial charge on any atom is -0.508 e. The SMILES string of the molecule is Cc1cc(C)n(Cc2cccc(C(=O)N/N=C\c3cccc(O)c3)c2)n1. The first kappa shape index (κ1) is 17.4. The molecule has 1 amide bonds. The molecule has 0 spiro atoms. The molecule has 0 radical (unpaired) electrons. The third-order valence-corrected chi connectivity index (χ3v) is 3.87. The van der Waals surface area contributed by atoms with Crippen LogP contribution in [0.15, 0.2) is 59.7 Å². The van der Waals surface area contributed by atoms with Crippen molar-refractivity contribution >= 4 is 12.1 Å². The molecule has 0 aliphatic heterocycles. The summed E-state index contributed by atoms with van der Waals surface area (Å²) in [5.41, 5.74) is 6.76. The maximum Gasteiger partial charge on any atom is 0.271 e. The summed E-state index contributed by atoms with van der Waals surface area (Å²) in [6.45, 7) is 4.57. The summed E-state index contributed by atoms with van der Waals surface area (Å²) in [5.74, 6) is -0.145. The van der Waals surface area contributed by atoms with Crippen LogP contribution in [0.3, 0.4) is 0 Å². The molecule has 1 heterocycles. The monoisotopic (exact) mass is 348 g/mol. The number of aromatic hydroxyl groups is 1. The number of benzene rings is 2. The predicted octanol–water partition coefficient (Wildman–Crippen LogP) is 3.02. The Bertz CT molecular complexity index is 960. The molecule has 132 valence electrons. The summed E-state index contributed by atoms with van der Waals surface area (Å²) in [5, 5.41) is 17.8. The van der Waals surface area contributed by atoms with Crippen molar-refractivity contribution in [3.8, 4) is 5.75 Å². The van der Waals surface area contributed by atoms with E-state index < -0.39 is 0 Å². The zero-order chi connectivity index (χ0) is 18.5. The molecule has 3 rings (SSSR count). The molecule has 0 atom stereocenters. The third kappa shape index (κ3) is 4.36. The van der Waals surface area contributed by atoms with Gasteiger partial charge in [0.2, 0.25) is 0 Å². The first-order valence-electron chi connectivity index (χ1n) is 8.24. The zero-order valence-electron chi connectivity index (χ0n) is 14.7. The van der Waals surface area contributed by atoms with Crippen molar-refractivity contribution < 1.29 is 9.90 Å². The van der Waals surface area contributed by atoms with Gasteiger partial charge in [-0.2, -0.15) is 10.2 Å². The van der Waals surface area contributed by atoms with Crippen LogP contribution in [-0.4, -0.2) is 27.0 Å². The second kappa shape index (κ2) is 7.65. The second-order valence-electron chi connectivity index (χ2n) is 6.08. The smallest absolute Gasteiger partial charge is 0.271 e. The van der Waals surface area contributed by atoms with Gasteiger partial charge in [0.1, 0.15) is 5.75 Å². The summed E-state index contributed by atoms with van der Waals surface area (Å²) in [6, 6.07) is 16.0. The number of carbonyl (C=O) groups is 1. The number of hydrazone groups is 1. The van der Waals surface area contributed by atoms with Crippen LogP contribution in [0.4, 0.5) is 0 Å². The van der Waals surface area contributed by atoms with E-state index in [1.807, 2.05) is 42.8 Å². The van der Waals surface area contributed by atoms with E-state index >= 15 is 0 Å². The van der Waals surface area contributed by atoms with Crippen molar-refractivity contribution in [1.29, 1.82) is 0 Å². The molecule has 6 nitrogen and oxygen atoms in total. The van der Waals surface area contributed by atoms with E-state index in [1.165, 1.54) is 6.21 Å². The summed E-state index contributed by atoms with van der Waals surface area (Å²) in [4.78, 5) is 12.3. The Labute approximate surface area is 151 Å². The number of hydrogen-bond donors (Lipinski definition) is 2. The average molecular weight is 348 g/mol. The summed E-state index contributed by atoms with van der Waals surface area (Å²) in [6.07, 6.45) is 1.48. The minimum atomic E-state index is -0.295. The van der Waals surface area contributed by atoms with Crippen LogP contribution in [0.5, 0.6) is 5.75 Å². The third-order valence-electron chi connectivity index (χ3n) is 3.87. The highest BCUT2D eigenvalue weighted by Gasteiger charge is 2.07. The van der Waals surface area contributed by atoms with Gasteiger partial charge in [-0.15, -0.1) is 0 Å². The van der Waals surface area contributed by atoms with Gasteiger partial charge in [-0.3, -0.25) is 9.48 Å². The molecule has 0 fully saturated rings. The number of aromatic nitrogens is 2. The minimum absolute atomic E-state index is 0.150. The standard InChI is InChI=1S/C20H20N4O2/c1-14-9-15(2)24(23-14)13-17-6-3-7-18(10-17)20(26)22-21-12-16-5-4-8-19(25)11-16/h3-12,25H,13H2,1-2H3,(H,22,26)/b21-12-. The fraction of sp³-hybridized carbons (Fsp3) is 0.150. The molecule has 0 unspecified atom stereocenters. The fourth-order valence-electron chi connectivity index (χ4n) is 2.65. The Kier molecular flexibility index (Phi) is 5.12. The zero-order valence-corrected chi connectivity index (χ0v) is 14.7. The maximum atomic E-state index is 12.3. The Morgan fingerprint density at radius 3 is 2.73 bits per heavy atom. The lowest BCUT2D eigenvalue weighted by atomic mass is 10.1. The number of phenolic OH excluding ortho intramolecular Hbond substituents is 1. The van der Waals surface area contributed by atoms with Gasteiger partial charge < -0.3 is 5.11 Å². The van der Waals surface area contributed by atoms with Crippen molar-refractivity contribution in [3.63, 3.8) is 0 Å². The summed E-state index contributed by atoms with van der Waals surface area (Å²) < 4.78 is 1.91. The van der Waals surface area contributed by atoms with Crippen molar-refractivity contribution in [1.82, 2.24) is 15.2 Å². The quantitative estimate of drug-likeness (QED) is 0.549. The molecule has 26 heavy (non-hydrogen) atoms. The van der Waals surface area contributed by atoms with Gasteiger partial charge in [0.05, 0.1) is 18.5 Å². The van der Waals surface area contributed by atoms with Crippen molar-refractivity contribution in [2.24, 2.45) is 5.10 Å². The number of hydrogen-bond acceptors (Lipinski definition) is 4. The molecule has 2 N–H and O–H groups in total. The number of nitrogens with one attached hydrogen (secondary N) is 1. The van der Waals surface area contributed by atoms with Gasteiger partial charge in [-0.1, -0.05) is 24.3 Å². The highest BCUT2D eigenvalue weighted by Crippen LogP contribution is 2.11. The molecule has 0 aliphatic rings. The molecule has 6 heteroatoms. The van der Waals surface area contributed by atoms with E-state index in [0.29, 0.717) is 17.7 Å². The molecule has 3 aromatic rings. The van der Waals surface area contributed by atoms with Crippen molar-refractivity contribution in [2.45, 2.75) is 20.4 Å². The Morgan fingerprint density at radius 1 is 1.19 bits per heavy atom. The number of amides is 1. The second-order valence-corrected chi connectivity index (χ2v) is 6.08. The lowest BCUT2D eigenvalue weighted by Crippen LogP contribution is -2.18. The van der Waals surface area contributed by atoms with Gasteiger partial charge in [0.25, 0.3) is 5.91 Å². The van der Waals surface area contributed by atoms with Crippen LogP contribution in [0, 0.1) is 13.8 Å². The Hall–Kier alpha value is -3.41. The predicted molar refractivity (Wildman–Crippen MR) is 100 cm³/mol. The van der Waals surface area contributed by atoms with Crippen LogP contribution in [0.2, 0.25) is 0 Å². The van der Waals surface area contributed by atoms with E-state index in [-0.39, 0.29) is 11.7 Å². The fourth-order valence-corrected chi connectivity index (χ4v) is 2.65. The number of nitrogens with zero attached hydrogens (tertiary/aromatic N) is 3. The molecule has 2 aromatic carbocycles. The number of aryl methyl sites for hydroxylation is 2. The molecule has 0 aliphatic carbocycles. The highest BCUT2D eigenvalue weighted by atomic mass is 16.3. The largest absolute Gasteiger partial charge is 0.508 e. The van der Waals surface area contributed by atoms with Gasteiger partial charge in [-0.05, 0) is 55.3 Å². The normalized spacial score (nSPS) is 11.0. The average Bonchev–Trinajstić information content (AvgIpc) is 2.92. The molecular formula is C20H20N4O2. The Morgan fingerprint density at radius 2 is 2.00 bits per heavy atom. The van der Waals surface area contributed by atoms with Crippen LogP contribution in [0.25, 0.3) is 0 Å². The van der Waals surface area contributed by atoms with Gasteiger partial charge in [0.15, 0.2) is 0 Å². The molecule has 0 saturated carbocycles. The van der Waals surface area contributed by atoms with Gasteiger partial charge in [0, 0.05) is 11.3 Å². The van der Waals surface area contributed by atoms with E-state index in [1.54, 1.807) is 30.3 Å². The topological polar surface area (TPSA) is 79.5 Å². The maximum absolute atomic E-state index is 12.3. The van der Waals surface area contributed by atoms with Crippen LogP contribution < -0.4 is 5.43 Å². The van der Waals surface area contributed by atoms with Crippen molar-refractivity contribution in [2.75, 3.05) is 0 Å². The Balaban J connectivity index is 1.67. The number of phenols is 1. The van der Waals surface area contributed by atoms with Gasteiger partial charge >= 0.3 is 0 Å². The van der Waals surface area contributed by atoms with Crippen LogP contribution >= 0.6 is 0 Å². The number of carbonyl (C=O) groups excluding carboxylic acids is 1. The van der Waals surface area contributed by atoms with Crippen molar-refractivity contribution in [3.05, 3.63) is 82.7 Å². The lowest BCUT2D eigenvalue weighted by Gasteiger charge is -2.06. The van der Waals surface area contributed by atoms with Crippen LogP contribution in [-0.2, 0) is 6.54 Å². The van der Waals surface area contributed by atoms with Crippen LogP contribution in [0.1, 0.15) is 32.9 Å². The number of rotatable bonds is 5. The highest BCUT2D eigenvalue weighted by molar-refractivity contribution is 5.95. The van der Waals surface area contributed by atoms with E-state index in [4.69, 9.17) is 0 Å². The first-order chi connectivity index (χ1) is 12.5. The lowest BCUT2D eigenvalue weighted by molar-refractivity contribution is 0.0955. The van der Waals surface area contributed by atoms with E-state index in [9.17, 15) is 9.90 Å². The molecule has 0 saturated heterocycles. The summed E-state index contributed by atoms with van der Waals surface area (Å²) >= 11 is 0. The molecular weight excluding hydrogens is 328 g/mol. The molecule has 1 aromatic heterocycles. The van der Waals surface area contributed by atoms with E-state index in [0.717, 1.165) is 17.0 Å². The molecule has 0 bridgehead atoms. The first-order valence-corrected chi connectivity index (χ1v) is 8.24. The van der Waals surface area contributed by atoms with Gasteiger partial charge in [-0.25, -0.2) is 5.43 Å².